The Bertz CT molecular complexity index is 198. The third kappa shape index (κ3) is 0.775. The lowest BCUT2D eigenvalue weighted by Gasteiger charge is -2.48. The molecule has 1 aliphatic heterocycles. The van der Waals surface area contributed by atoms with E-state index in [1.54, 1.807) is 0 Å². The minimum absolute atomic E-state index is 0.0179. The van der Waals surface area contributed by atoms with E-state index in [9.17, 15) is 5.11 Å². The van der Waals surface area contributed by atoms with E-state index < -0.39 is 6.29 Å². The zero-order valence-corrected chi connectivity index (χ0v) is 8.13. The molecule has 0 amide bonds. The van der Waals surface area contributed by atoms with Gasteiger partial charge in [-0.1, -0.05) is 20.8 Å². The quantitative estimate of drug-likeness (QED) is 0.600. The van der Waals surface area contributed by atoms with Crippen molar-refractivity contribution in [3.8, 4) is 0 Å². The van der Waals surface area contributed by atoms with Gasteiger partial charge in [-0.05, 0) is 24.2 Å². The number of fused-ring (bicyclic) bond motifs is 2. The number of ether oxygens (including phenoxy) is 1. The number of hydrogen-bond acceptors (Lipinski definition) is 2. The van der Waals surface area contributed by atoms with E-state index in [-0.39, 0.29) is 10.8 Å². The molecule has 0 spiro atoms. The van der Waals surface area contributed by atoms with Crippen LogP contribution in [0.1, 0.15) is 33.6 Å². The highest BCUT2D eigenvalue weighted by molar-refractivity contribution is 5.04. The zero-order valence-electron chi connectivity index (χ0n) is 8.13. The standard InChI is InChI=1S/C10H18O2/c1-9(2)7-4-5-10(9,3)8(11)12-6-7/h7-8,11H,4-6H2,1-3H3/t7-,8?,10+/m1/s1. The Kier molecular flexibility index (Phi) is 1.59. The van der Waals surface area contributed by atoms with Crippen molar-refractivity contribution in [2.24, 2.45) is 16.7 Å². The second-order valence-corrected chi connectivity index (χ2v) is 5.06. The van der Waals surface area contributed by atoms with Gasteiger partial charge in [0.1, 0.15) is 0 Å². The third-order valence-corrected chi connectivity index (χ3v) is 4.51. The Hall–Kier alpha value is -0.0800. The molecule has 1 aliphatic carbocycles. The summed E-state index contributed by atoms with van der Waals surface area (Å²) >= 11 is 0. The van der Waals surface area contributed by atoms with Gasteiger partial charge in [0.05, 0.1) is 6.61 Å². The van der Waals surface area contributed by atoms with Gasteiger partial charge in [0.15, 0.2) is 6.29 Å². The zero-order chi connectivity index (χ0) is 8.98. The van der Waals surface area contributed by atoms with E-state index >= 15 is 0 Å². The summed E-state index contributed by atoms with van der Waals surface area (Å²) in [6, 6.07) is 0. The molecule has 1 saturated heterocycles. The minimum atomic E-state index is -0.550. The Morgan fingerprint density at radius 2 is 2.00 bits per heavy atom. The minimum Gasteiger partial charge on any atom is -0.367 e. The van der Waals surface area contributed by atoms with E-state index in [4.69, 9.17) is 4.74 Å². The van der Waals surface area contributed by atoms with Crippen molar-refractivity contribution in [2.75, 3.05) is 6.61 Å². The molecule has 0 radical (unpaired) electrons. The van der Waals surface area contributed by atoms with Crippen molar-refractivity contribution in [3.05, 3.63) is 0 Å². The fraction of sp³-hybridized carbons (Fsp3) is 1.00. The first-order valence-corrected chi connectivity index (χ1v) is 4.78. The summed E-state index contributed by atoms with van der Waals surface area (Å²) in [4.78, 5) is 0. The summed E-state index contributed by atoms with van der Waals surface area (Å²) < 4.78 is 5.36. The fourth-order valence-corrected chi connectivity index (χ4v) is 2.75. The van der Waals surface area contributed by atoms with Crippen LogP contribution in [-0.4, -0.2) is 18.0 Å². The molecule has 2 aliphatic rings. The number of aliphatic hydroxyl groups excluding tert-OH is 1. The van der Waals surface area contributed by atoms with Crippen LogP contribution in [0.25, 0.3) is 0 Å². The summed E-state index contributed by atoms with van der Waals surface area (Å²) in [7, 11) is 0. The predicted molar refractivity (Wildman–Crippen MR) is 46.6 cm³/mol. The van der Waals surface area contributed by atoms with Gasteiger partial charge < -0.3 is 9.84 Å². The Balaban J connectivity index is 2.37. The van der Waals surface area contributed by atoms with Crippen LogP contribution in [0.4, 0.5) is 0 Å². The summed E-state index contributed by atoms with van der Waals surface area (Å²) in [6.45, 7) is 7.41. The molecule has 2 rings (SSSR count). The normalized spacial score (nSPS) is 51.0. The lowest BCUT2D eigenvalue weighted by molar-refractivity contribution is -0.240. The second kappa shape index (κ2) is 2.24. The van der Waals surface area contributed by atoms with E-state index in [1.165, 1.54) is 6.42 Å². The van der Waals surface area contributed by atoms with Crippen molar-refractivity contribution >= 4 is 0 Å². The van der Waals surface area contributed by atoms with Crippen LogP contribution in [0.3, 0.4) is 0 Å². The third-order valence-electron chi connectivity index (χ3n) is 4.51. The maximum Gasteiger partial charge on any atom is 0.160 e. The lowest BCUT2D eigenvalue weighted by Crippen LogP contribution is -2.50. The lowest BCUT2D eigenvalue weighted by atomic mass is 9.64. The topological polar surface area (TPSA) is 29.5 Å². The average Bonchev–Trinajstić information content (AvgIpc) is 2.17. The van der Waals surface area contributed by atoms with E-state index in [2.05, 4.69) is 20.8 Å². The van der Waals surface area contributed by atoms with Gasteiger partial charge in [-0.15, -0.1) is 0 Å². The molecule has 2 nitrogen and oxygen atoms in total. The van der Waals surface area contributed by atoms with E-state index in [0.717, 1.165) is 13.0 Å². The molecule has 12 heavy (non-hydrogen) atoms. The van der Waals surface area contributed by atoms with Gasteiger partial charge in [-0.2, -0.15) is 0 Å². The van der Waals surface area contributed by atoms with Crippen LogP contribution in [0.15, 0.2) is 0 Å². The number of hydrogen-bond donors (Lipinski definition) is 1. The molecule has 2 heteroatoms. The molecule has 1 N–H and O–H groups in total. The van der Waals surface area contributed by atoms with Crippen LogP contribution in [0.2, 0.25) is 0 Å². The second-order valence-electron chi connectivity index (χ2n) is 5.06. The SMILES string of the molecule is CC1(C)[C@@H]2CC[C@@]1(C)C(O)OC2. The fourth-order valence-electron chi connectivity index (χ4n) is 2.75. The van der Waals surface area contributed by atoms with Crippen molar-refractivity contribution in [1.82, 2.24) is 0 Å². The molecule has 70 valence electrons. The monoisotopic (exact) mass is 170 g/mol. The highest BCUT2D eigenvalue weighted by Crippen LogP contribution is 2.60. The first-order chi connectivity index (χ1) is 5.48. The highest BCUT2D eigenvalue weighted by atomic mass is 16.6. The highest BCUT2D eigenvalue weighted by Gasteiger charge is 2.58. The molecule has 0 aromatic heterocycles. The smallest absolute Gasteiger partial charge is 0.160 e. The van der Waals surface area contributed by atoms with E-state index in [1.807, 2.05) is 0 Å². The van der Waals surface area contributed by atoms with Gasteiger partial charge in [0.25, 0.3) is 0 Å². The average molecular weight is 170 g/mol. The molecule has 2 bridgehead atoms. The number of aliphatic hydroxyl groups is 1. The summed E-state index contributed by atoms with van der Waals surface area (Å²) in [5.74, 6) is 0.644. The molecule has 3 atom stereocenters. The Morgan fingerprint density at radius 1 is 1.33 bits per heavy atom. The van der Waals surface area contributed by atoms with E-state index in [0.29, 0.717) is 5.92 Å². The van der Waals surface area contributed by atoms with Gasteiger partial charge in [0, 0.05) is 5.41 Å². The van der Waals surface area contributed by atoms with Crippen LogP contribution >= 0.6 is 0 Å². The Labute approximate surface area is 73.9 Å². The molecule has 2 fully saturated rings. The van der Waals surface area contributed by atoms with Crippen molar-refractivity contribution < 1.29 is 9.84 Å². The molecule has 0 aromatic carbocycles. The maximum absolute atomic E-state index is 9.77. The van der Waals surface area contributed by atoms with Crippen LogP contribution in [0, 0.1) is 16.7 Å². The molecule has 1 unspecified atom stereocenters. The van der Waals surface area contributed by atoms with Gasteiger partial charge in [-0.25, -0.2) is 0 Å². The van der Waals surface area contributed by atoms with Gasteiger partial charge in [0.2, 0.25) is 0 Å². The van der Waals surface area contributed by atoms with Crippen molar-refractivity contribution in [2.45, 2.75) is 39.9 Å². The van der Waals surface area contributed by atoms with Gasteiger partial charge in [-0.3, -0.25) is 0 Å². The van der Waals surface area contributed by atoms with Gasteiger partial charge >= 0.3 is 0 Å². The predicted octanol–water partition coefficient (Wildman–Crippen LogP) is 1.78. The molecule has 1 heterocycles. The molecule has 0 aromatic rings. The Morgan fingerprint density at radius 3 is 2.58 bits per heavy atom. The number of rotatable bonds is 0. The summed E-state index contributed by atoms with van der Waals surface area (Å²) in [6.07, 6.45) is 1.76. The molecular weight excluding hydrogens is 152 g/mol. The first-order valence-electron chi connectivity index (χ1n) is 4.78. The van der Waals surface area contributed by atoms with Crippen LogP contribution in [-0.2, 0) is 4.74 Å². The molecule has 1 saturated carbocycles. The van der Waals surface area contributed by atoms with Crippen LogP contribution < -0.4 is 0 Å². The maximum atomic E-state index is 9.77. The van der Waals surface area contributed by atoms with Crippen LogP contribution in [0.5, 0.6) is 0 Å². The van der Waals surface area contributed by atoms with Crippen molar-refractivity contribution in [1.29, 1.82) is 0 Å². The largest absolute Gasteiger partial charge is 0.367 e. The summed E-state index contributed by atoms with van der Waals surface area (Å²) in [5.41, 5.74) is 0.223. The summed E-state index contributed by atoms with van der Waals surface area (Å²) in [5, 5.41) is 9.77. The molecular formula is C10H18O2. The first kappa shape index (κ1) is 8.52. The van der Waals surface area contributed by atoms with Crippen molar-refractivity contribution in [3.63, 3.8) is 0 Å².